The Hall–Kier alpha value is -1.96. The minimum absolute atomic E-state index is 0.0512. The second-order valence-electron chi connectivity index (χ2n) is 5.37. The number of hydrogen-bond acceptors (Lipinski definition) is 5. The number of amides is 2. The average molecular weight is 311 g/mol. The van der Waals surface area contributed by atoms with Crippen LogP contribution in [0.25, 0.3) is 0 Å². The normalized spacial score (nSPS) is 12.3. The third kappa shape index (κ3) is 4.80. The molecule has 0 aliphatic heterocycles. The van der Waals surface area contributed by atoms with Gasteiger partial charge in [-0.1, -0.05) is 19.1 Å². The Balaban J connectivity index is 2.67. The maximum Gasteiger partial charge on any atom is 0.273 e. The minimum atomic E-state index is -0.408. The summed E-state index contributed by atoms with van der Waals surface area (Å²) in [6, 6.07) is -0.338. The van der Waals surface area contributed by atoms with E-state index in [0.717, 1.165) is 0 Å². The minimum Gasteiger partial charge on any atom is -0.394 e. The topological polar surface area (TPSA) is 100 Å². The fraction of sp³-hybridized carbons (Fsp3) is 0.714. The van der Waals surface area contributed by atoms with Gasteiger partial charge in [-0.15, -0.1) is 5.10 Å². The molecule has 0 aromatic carbocycles. The average Bonchev–Trinajstić information content (AvgIpc) is 2.94. The van der Waals surface area contributed by atoms with Crippen molar-refractivity contribution in [1.82, 2.24) is 25.2 Å². The summed E-state index contributed by atoms with van der Waals surface area (Å²) in [6.45, 7) is 8.79. The van der Waals surface area contributed by atoms with E-state index in [1.807, 2.05) is 27.7 Å². The molecule has 0 fully saturated rings. The van der Waals surface area contributed by atoms with Gasteiger partial charge in [-0.2, -0.15) is 0 Å². The van der Waals surface area contributed by atoms with Gasteiger partial charge in [0, 0.05) is 13.1 Å². The lowest BCUT2D eigenvalue weighted by molar-refractivity contribution is -0.131. The van der Waals surface area contributed by atoms with Crippen LogP contribution in [0.3, 0.4) is 0 Å². The van der Waals surface area contributed by atoms with Crippen molar-refractivity contribution < 1.29 is 14.7 Å². The molecule has 0 unspecified atom stereocenters. The first-order valence-corrected chi connectivity index (χ1v) is 7.52. The monoisotopic (exact) mass is 311 g/mol. The summed E-state index contributed by atoms with van der Waals surface area (Å²) in [4.78, 5) is 25.7. The van der Waals surface area contributed by atoms with Crippen LogP contribution in [0.5, 0.6) is 0 Å². The van der Waals surface area contributed by atoms with Gasteiger partial charge in [-0.3, -0.25) is 9.59 Å². The van der Waals surface area contributed by atoms with Crippen LogP contribution in [0.15, 0.2) is 6.20 Å². The summed E-state index contributed by atoms with van der Waals surface area (Å²) in [6.07, 6.45) is 1.44. The predicted octanol–water partition coefficient (Wildman–Crippen LogP) is -0.107. The molecule has 1 rings (SSSR count). The molecule has 0 radical (unpaired) electrons. The number of likely N-dealkylation sites (N-methyl/N-ethyl adjacent to an activating group) is 1. The van der Waals surface area contributed by atoms with Gasteiger partial charge in [0.15, 0.2) is 5.69 Å². The van der Waals surface area contributed by atoms with Gasteiger partial charge >= 0.3 is 0 Å². The van der Waals surface area contributed by atoms with Crippen molar-refractivity contribution in [1.29, 1.82) is 0 Å². The number of rotatable bonds is 8. The summed E-state index contributed by atoms with van der Waals surface area (Å²) in [7, 11) is 0. The van der Waals surface area contributed by atoms with Crippen LogP contribution in [0, 0.1) is 5.92 Å². The summed E-state index contributed by atoms with van der Waals surface area (Å²) in [5, 5.41) is 19.5. The standard InChI is InChI=1S/C14H25N5O3/c1-5-18(6-2)13(21)8-19-7-11(16-17-19)14(22)15-12(9-20)10(3)4/h7,10,12,20H,5-6,8-9H2,1-4H3,(H,15,22)/t12-/m0/s1. The van der Waals surface area contributed by atoms with Crippen molar-refractivity contribution in [2.75, 3.05) is 19.7 Å². The third-order valence-corrected chi connectivity index (χ3v) is 3.50. The molecule has 0 aliphatic rings. The van der Waals surface area contributed by atoms with E-state index in [1.54, 1.807) is 4.90 Å². The van der Waals surface area contributed by atoms with Gasteiger partial charge in [-0.25, -0.2) is 4.68 Å². The Labute approximate surface area is 130 Å². The van der Waals surface area contributed by atoms with Crippen molar-refractivity contribution in [2.45, 2.75) is 40.3 Å². The number of hydrogen-bond donors (Lipinski definition) is 2. The number of carbonyl (C=O) groups excluding carboxylic acids is 2. The molecule has 2 amide bonds. The second-order valence-corrected chi connectivity index (χ2v) is 5.37. The summed E-state index contributed by atoms with van der Waals surface area (Å²) in [5.41, 5.74) is 0.131. The summed E-state index contributed by atoms with van der Waals surface area (Å²) < 4.78 is 1.35. The zero-order valence-electron chi connectivity index (χ0n) is 13.6. The van der Waals surface area contributed by atoms with Crippen LogP contribution in [0.4, 0.5) is 0 Å². The lowest BCUT2D eigenvalue weighted by atomic mass is 10.1. The molecule has 1 aromatic heterocycles. The maximum atomic E-state index is 12.0. The van der Waals surface area contributed by atoms with E-state index in [4.69, 9.17) is 0 Å². The highest BCUT2D eigenvalue weighted by Crippen LogP contribution is 2.03. The first kappa shape index (κ1) is 18.1. The SMILES string of the molecule is CCN(CC)C(=O)Cn1cc(C(=O)N[C@@H](CO)C(C)C)nn1. The zero-order valence-corrected chi connectivity index (χ0v) is 13.6. The second kappa shape index (κ2) is 8.47. The quantitative estimate of drug-likeness (QED) is 0.698. The third-order valence-electron chi connectivity index (χ3n) is 3.50. The first-order chi connectivity index (χ1) is 10.4. The molecule has 1 heterocycles. The number of aliphatic hydroxyl groups is 1. The molecule has 2 N–H and O–H groups in total. The van der Waals surface area contributed by atoms with Crippen LogP contribution in [-0.4, -0.2) is 62.6 Å². The Morgan fingerprint density at radius 3 is 2.50 bits per heavy atom. The molecule has 22 heavy (non-hydrogen) atoms. The molecule has 8 nitrogen and oxygen atoms in total. The zero-order chi connectivity index (χ0) is 16.7. The van der Waals surface area contributed by atoms with Crippen molar-refractivity contribution in [3.63, 3.8) is 0 Å². The predicted molar refractivity (Wildman–Crippen MR) is 81.1 cm³/mol. The molecule has 8 heteroatoms. The molecule has 0 spiro atoms. The Bertz CT molecular complexity index is 496. The highest BCUT2D eigenvalue weighted by atomic mass is 16.3. The smallest absolute Gasteiger partial charge is 0.273 e. The van der Waals surface area contributed by atoms with Gasteiger partial charge in [0.1, 0.15) is 6.54 Å². The molecule has 0 saturated carbocycles. The van der Waals surface area contributed by atoms with Crippen molar-refractivity contribution in [3.05, 3.63) is 11.9 Å². The van der Waals surface area contributed by atoms with Crippen molar-refractivity contribution >= 4 is 11.8 Å². The Morgan fingerprint density at radius 1 is 1.36 bits per heavy atom. The van der Waals surface area contributed by atoms with Crippen molar-refractivity contribution in [2.24, 2.45) is 5.92 Å². The van der Waals surface area contributed by atoms with Gasteiger partial charge in [-0.05, 0) is 19.8 Å². The lowest BCUT2D eigenvalue weighted by Gasteiger charge is -2.19. The first-order valence-electron chi connectivity index (χ1n) is 7.52. The van der Waals surface area contributed by atoms with E-state index >= 15 is 0 Å². The Morgan fingerprint density at radius 2 is 2.00 bits per heavy atom. The molecule has 0 saturated heterocycles. The van der Waals surface area contributed by atoms with Crippen LogP contribution < -0.4 is 5.32 Å². The number of carbonyl (C=O) groups is 2. The molecule has 0 aliphatic carbocycles. The van der Waals surface area contributed by atoms with E-state index in [9.17, 15) is 14.7 Å². The highest BCUT2D eigenvalue weighted by molar-refractivity contribution is 5.92. The number of aliphatic hydroxyl groups excluding tert-OH is 1. The number of aromatic nitrogens is 3. The number of nitrogens with one attached hydrogen (secondary N) is 1. The van der Waals surface area contributed by atoms with Crippen LogP contribution in [-0.2, 0) is 11.3 Å². The molecule has 124 valence electrons. The van der Waals surface area contributed by atoms with Gasteiger partial charge < -0.3 is 15.3 Å². The van der Waals surface area contributed by atoms with Crippen LogP contribution in [0.2, 0.25) is 0 Å². The van der Waals surface area contributed by atoms with E-state index in [0.29, 0.717) is 13.1 Å². The van der Waals surface area contributed by atoms with Crippen LogP contribution in [0.1, 0.15) is 38.2 Å². The molecular formula is C14H25N5O3. The molecule has 1 aromatic rings. The lowest BCUT2D eigenvalue weighted by Crippen LogP contribution is -2.41. The fourth-order valence-electron chi connectivity index (χ4n) is 1.96. The van der Waals surface area contributed by atoms with Gasteiger partial charge in [0.05, 0.1) is 18.8 Å². The van der Waals surface area contributed by atoms with E-state index in [1.165, 1.54) is 10.9 Å². The molecular weight excluding hydrogens is 286 g/mol. The highest BCUT2D eigenvalue weighted by Gasteiger charge is 2.19. The summed E-state index contributed by atoms with van der Waals surface area (Å²) in [5.74, 6) is -0.375. The Kier molecular flexibility index (Phi) is 6.97. The van der Waals surface area contributed by atoms with Gasteiger partial charge in [0.25, 0.3) is 5.91 Å². The largest absolute Gasteiger partial charge is 0.394 e. The fourth-order valence-corrected chi connectivity index (χ4v) is 1.96. The van der Waals surface area contributed by atoms with Crippen molar-refractivity contribution in [3.8, 4) is 0 Å². The van der Waals surface area contributed by atoms with Crippen LogP contribution >= 0.6 is 0 Å². The maximum absolute atomic E-state index is 12.0. The van der Waals surface area contributed by atoms with Gasteiger partial charge in [0.2, 0.25) is 5.91 Å². The van der Waals surface area contributed by atoms with E-state index < -0.39 is 5.91 Å². The van der Waals surface area contributed by atoms with E-state index in [2.05, 4.69) is 15.6 Å². The summed E-state index contributed by atoms with van der Waals surface area (Å²) >= 11 is 0. The molecule has 0 bridgehead atoms. The van der Waals surface area contributed by atoms with E-state index in [-0.39, 0.29) is 36.7 Å². The number of nitrogens with zero attached hydrogens (tertiary/aromatic N) is 4. The molecule has 1 atom stereocenters.